The van der Waals surface area contributed by atoms with Crippen molar-refractivity contribution in [1.82, 2.24) is 20.8 Å². The van der Waals surface area contributed by atoms with Gasteiger partial charge < -0.3 is 10.6 Å². The van der Waals surface area contributed by atoms with E-state index in [2.05, 4.69) is 20.8 Å². The maximum Gasteiger partial charge on any atom is 0.251 e. The highest BCUT2D eigenvalue weighted by Crippen LogP contribution is 2.12. The first kappa shape index (κ1) is 9.35. The molecular weight excluding hydrogens is 204 g/mol. The first-order chi connectivity index (χ1) is 7.83. The summed E-state index contributed by atoms with van der Waals surface area (Å²) >= 11 is 0. The van der Waals surface area contributed by atoms with E-state index in [4.69, 9.17) is 0 Å². The standard InChI is InChI=1S/C11H12N4O/c16-11(14-9-5-12-6-9)7-1-2-8-4-13-15-10(8)3-7/h1-4,9,12H,5-6H2,(H,13,15)(H,14,16). The van der Waals surface area contributed by atoms with Crippen molar-refractivity contribution in [1.29, 1.82) is 0 Å². The molecule has 82 valence electrons. The molecule has 1 saturated heterocycles. The number of hydrogen-bond acceptors (Lipinski definition) is 3. The molecule has 0 radical (unpaired) electrons. The topological polar surface area (TPSA) is 69.8 Å². The molecule has 0 unspecified atom stereocenters. The Hall–Kier alpha value is -1.88. The Morgan fingerprint density at radius 3 is 3.06 bits per heavy atom. The van der Waals surface area contributed by atoms with Gasteiger partial charge in [-0.1, -0.05) is 6.07 Å². The van der Waals surface area contributed by atoms with Crippen LogP contribution in [0.1, 0.15) is 10.4 Å². The molecule has 0 atom stereocenters. The van der Waals surface area contributed by atoms with Crippen molar-refractivity contribution in [3.05, 3.63) is 30.0 Å². The number of H-pyrrole nitrogens is 1. The number of aromatic amines is 1. The van der Waals surface area contributed by atoms with Crippen molar-refractivity contribution in [2.24, 2.45) is 0 Å². The van der Waals surface area contributed by atoms with Crippen LogP contribution in [0.3, 0.4) is 0 Å². The average Bonchev–Trinajstić information content (AvgIpc) is 2.69. The third kappa shape index (κ3) is 1.55. The largest absolute Gasteiger partial charge is 0.347 e. The van der Waals surface area contributed by atoms with E-state index in [0.29, 0.717) is 5.56 Å². The second-order valence-corrected chi connectivity index (χ2v) is 4.00. The maximum absolute atomic E-state index is 11.8. The number of nitrogens with zero attached hydrogens (tertiary/aromatic N) is 1. The molecule has 1 aromatic carbocycles. The van der Waals surface area contributed by atoms with Gasteiger partial charge in [-0.2, -0.15) is 5.10 Å². The molecule has 1 amide bonds. The molecule has 1 aliphatic rings. The van der Waals surface area contributed by atoms with Crippen LogP contribution in [-0.2, 0) is 0 Å². The number of hydrogen-bond donors (Lipinski definition) is 3. The van der Waals surface area contributed by atoms with Crippen LogP contribution in [0.2, 0.25) is 0 Å². The molecule has 1 fully saturated rings. The number of carbonyl (C=O) groups excluding carboxylic acids is 1. The normalized spacial score (nSPS) is 16.0. The molecule has 3 N–H and O–H groups in total. The van der Waals surface area contributed by atoms with E-state index in [1.807, 2.05) is 18.2 Å². The fourth-order valence-corrected chi connectivity index (χ4v) is 1.74. The summed E-state index contributed by atoms with van der Waals surface area (Å²) in [6.45, 7) is 1.72. The van der Waals surface area contributed by atoms with Crippen LogP contribution in [-0.4, -0.2) is 35.2 Å². The zero-order chi connectivity index (χ0) is 11.0. The summed E-state index contributed by atoms with van der Waals surface area (Å²) in [7, 11) is 0. The molecule has 1 aromatic heterocycles. The average molecular weight is 216 g/mol. The zero-order valence-electron chi connectivity index (χ0n) is 8.66. The van der Waals surface area contributed by atoms with E-state index in [1.54, 1.807) is 6.20 Å². The monoisotopic (exact) mass is 216 g/mol. The number of rotatable bonds is 2. The van der Waals surface area contributed by atoms with Crippen LogP contribution in [0.25, 0.3) is 10.9 Å². The van der Waals surface area contributed by atoms with Crippen LogP contribution in [0.5, 0.6) is 0 Å². The van der Waals surface area contributed by atoms with E-state index in [0.717, 1.165) is 24.0 Å². The Bertz CT molecular complexity index is 530. The van der Waals surface area contributed by atoms with Gasteiger partial charge in [0.25, 0.3) is 5.91 Å². The first-order valence-electron chi connectivity index (χ1n) is 5.27. The van der Waals surface area contributed by atoms with Gasteiger partial charge in [0.05, 0.1) is 17.8 Å². The fourth-order valence-electron chi connectivity index (χ4n) is 1.74. The molecule has 1 aliphatic heterocycles. The Balaban J connectivity index is 1.83. The van der Waals surface area contributed by atoms with Gasteiger partial charge in [-0.15, -0.1) is 0 Å². The lowest BCUT2D eigenvalue weighted by molar-refractivity contribution is 0.0924. The molecule has 0 spiro atoms. The maximum atomic E-state index is 11.8. The summed E-state index contributed by atoms with van der Waals surface area (Å²) in [6, 6.07) is 5.81. The summed E-state index contributed by atoms with van der Waals surface area (Å²) in [5.74, 6) is -0.0250. The number of fused-ring (bicyclic) bond motifs is 1. The van der Waals surface area contributed by atoms with Crippen molar-refractivity contribution < 1.29 is 4.79 Å². The predicted molar refractivity (Wildman–Crippen MR) is 60.2 cm³/mol. The molecule has 2 aromatic rings. The highest BCUT2D eigenvalue weighted by molar-refractivity contribution is 5.97. The molecule has 0 aliphatic carbocycles. The highest BCUT2D eigenvalue weighted by Gasteiger charge is 2.19. The van der Waals surface area contributed by atoms with E-state index < -0.39 is 0 Å². The van der Waals surface area contributed by atoms with Gasteiger partial charge in [-0.05, 0) is 12.1 Å². The van der Waals surface area contributed by atoms with Crippen LogP contribution in [0.15, 0.2) is 24.4 Å². The van der Waals surface area contributed by atoms with E-state index in [9.17, 15) is 4.79 Å². The van der Waals surface area contributed by atoms with Crippen molar-refractivity contribution >= 4 is 16.8 Å². The summed E-state index contributed by atoms with van der Waals surface area (Å²) < 4.78 is 0. The third-order valence-electron chi connectivity index (χ3n) is 2.82. The molecule has 3 rings (SSSR count). The quantitative estimate of drug-likeness (QED) is 0.674. The number of aromatic nitrogens is 2. The molecule has 0 saturated carbocycles. The Morgan fingerprint density at radius 2 is 2.31 bits per heavy atom. The van der Waals surface area contributed by atoms with Crippen molar-refractivity contribution in [2.75, 3.05) is 13.1 Å². The van der Waals surface area contributed by atoms with Crippen molar-refractivity contribution in [2.45, 2.75) is 6.04 Å². The van der Waals surface area contributed by atoms with E-state index in [1.165, 1.54) is 0 Å². The zero-order valence-corrected chi connectivity index (χ0v) is 8.66. The third-order valence-corrected chi connectivity index (χ3v) is 2.82. The Labute approximate surface area is 92.2 Å². The number of benzene rings is 1. The van der Waals surface area contributed by atoms with Crippen molar-refractivity contribution in [3.63, 3.8) is 0 Å². The molecule has 0 bridgehead atoms. The first-order valence-corrected chi connectivity index (χ1v) is 5.27. The van der Waals surface area contributed by atoms with Crippen LogP contribution in [0, 0.1) is 0 Å². The van der Waals surface area contributed by atoms with Gasteiger partial charge in [-0.3, -0.25) is 9.89 Å². The Kier molecular flexibility index (Phi) is 2.11. The molecular formula is C11H12N4O. The van der Waals surface area contributed by atoms with Gasteiger partial charge in [0, 0.05) is 24.0 Å². The SMILES string of the molecule is O=C(NC1CNC1)c1ccc2cn[nH]c2c1. The van der Waals surface area contributed by atoms with Gasteiger partial charge in [-0.25, -0.2) is 0 Å². The van der Waals surface area contributed by atoms with Crippen LogP contribution in [0.4, 0.5) is 0 Å². The smallest absolute Gasteiger partial charge is 0.251 e. The molecule has 16 heavy (non-hydrogen) atoms. The minimum Gasteiger partial charge on any atom is -0.347 e. The van der Waals surface area contributed by atoms with Gasteiger partial charge >= 0.3 is 0 Å². The van der Waals surface area contributed by atoms with E-state index in [-0.39, 0.29) is 11.9 Å². The fraction of sp³-hybridized carbons (Fsp3) is 0.273. The summed E-state index contributed by atoms with van der Waals surface area (Å²) in [6.07, 6.45) is 1.74. The summed E-state index contributed by atoms with van der Waals surface area (Å²) in [5.41, 5.74) is 1.56. The lowest BCUT2D eigenvalue weighted by Crippen LogP contribution is -2.56. The Morgan fingerprint density at radius 1 is 1.44 bits per heavy atom. The molecule has 5 nitrogen and oxygen atoms in total. The predicted octanol–water partition coefficient (Wildman–Crippen LogP) is 0.264. The lowest BCUT2D eigenvalue weighted by atomic mass is 10.1. The van der Waals surface area contributed by atoms with Gasteiger partial charge in [0.2, 0.25) is 0 Å². The van der Waals surface area contributed by atoms with Gasteiger partial charge in [0.1, 0.15) is 0 Å². The highest BCUT2D eigenvalue weighted by atomic mass is 16.1. The van der Waals surface area contributed by atoms with Crippen LogP contribution >= 0.6 is 0 Å². The summed E-state index contributed by atoms with van der Waals surface area (Å²) in [5, 5.41) is 13.9. The van der Waals surface area contributed by atoms with Crippen LogP contribution < -0.4 is 10.6 Å². The number of nitrogens with one attached hydrogen (secondary N) is 3. The number of carbonyl (C=O) groups is 1. The second kappa shape index (κ2) is 3.61. The number of amides is 1. The summed E-state index contributed by atoms with van der Waals surface area (Å²) in [4.78, 5) is 11.8. The van der Waals surface area contributed by atoms with Gasteiger partial charge in [0.15, 0.2) is 0 Å². The molecule has 2 heterocycles. The van der Waals surface area contributed by atoms with Crippen molar-refractivity contribution in [3.8, 4) is 0 Å². The second-order valence-electron chi connectivity index (χ2n) is 4.00. The van der Waals surface area contributed by atoms with E-state index >= 15 is 0 Å². The molecule has 5 heteroatoms. The minimum atomic E-state index is -0.0250. The minimum absolute atomic E-state index is 0.0250. The lowest BCUT2D eigenvalue weighted by Gasteiger charge is -2.27.